The fourth-order valence-electron chi connectivity index (χ4n) is 2.22. The number of aromatic nitrogens is 3. The number of rotatable bonds is 5. The largest absolute Gasteiger partial charge is 0.468 e. The Balaban J connectivity index is 2.54. The van der Waals surface area contributed by atoms with E-state index in [1.807, 2.05) is 0 Å². The van der Waals surface area contributed by atoms with Crippen molar-refractivity contribution in [2.45, 2.75) is 11.8 Å². The van der Waals surface area contributed by atoms with E-state index < -0.39 is 17.4 Å². The first kappa shape index (κ1) is 15.5. The van der Waals surface area contributed by atoms with Crippen LogP contribution in [0.2, 0.25) is 0 Å². The second kappa shape index (κ2) is 6.25. The van der Waals surface area contributed by atoms with Gasteiger partial charge in [-0.05, 0) is 11.6 Å². The molecule has 0 spiro atoms. The molecule has 0 aliphatic heterocycles. The van der Waals surface area contributed by atoms with Gasteiger partial charge in [0, 0.05) is 18.8 Å². The highest BCUT2D eigenvalue weighted by atomic mass is 16.5. The third-order valence-corrected chi connectivity index (χ3v) is 3.32. The predicted molar refractivity (Wildman–Crippen MR) is 76.7 cm³/mol. The van der Waals surface area contributed by atoms with Gasteiger partial charge in [0.05, 0.1) is 26.2 Å². The van der Waals surface area contributed by atoms with Crippen molar-refractivity contribution in [2.75, 3.05) is 20.0 Å². The molecular weight excluding hydrogens is 288 g/mol. The minimum atomic E-state index is -1.71. The van der Waals surface area contributed by atoms with Gasteiger partial charge in [0.2, 0.25) is 5.41 Å². The Morgan fingerprint density at radius 1 is 1.23 bits per heavy atom. The average Bonchev–Trinajstić information content (AvgIpc) is 3.07. The molecule has 0 fully saturated rings. The summed E-state index contributed by atoms with van der Waals surface area (Å²) in [6, 6.07) is 3.26. The number of esters is 2. The SMILES string of the molecule is COC(=O)C(Cc1ccc(N)nc1)(C(=O)OC)c1c[nH]cn1. The average molecular weight is 304 g/mol. The molecule has 8 heteroatoms. The molecule has 0 aliphatic rings. The zero-order chi connectivity index (χ0) is 16.2. The number of nitrogens with zero attached hydrogens (tertiary/aromatic N) is 2. The summed E-state index contributed by atoms with van der Waals surface area (Å²) in [5.74, 6) is -1.18. The van der Waals surface area contributed by atoms with Crippen LogP contribution in [0, 0.1) is 0 Å². The quantitative estimate of drug-likeness (QED) is 0.598. The van der Waals surface area contributed by atoms with E-state index in [0.717, 1.165) is 0 Å². The number of ether oxygens (including phenoxy) is 2. The Labute approximate surface area is 126 Å². The number of anilines is 1. The van der Waals surface area contributed by atoms with Gasteiger partial charge >= 0.3 is 11.9 Å². The maximum Gasteiger partial charge on any atom is 0.329 e. The summed E-state index contributed by atoms with van der Waals surface area (Å²) in [4.78, 5) is 35.5. The standard InChI is InChI=1S/C14H16N4O4/c1-21-12(19)14(13(20)22-2,10-7-16-8-18-10)5-9-3-4-11(15)17-6-9/h3-4,6-8H,5H2,1-2H3,(H2,15,17)(H,16,18). The monoisotopic (exact) mass is 304 g/mol. The number of nitrogens with two attached hydrogens (primary N) is 1. The highest BCUT2D eigenvalue weighted by molar-refractivity contribution is 6.06. The number of carbonyl (C=O) groups excluding carboxylic acids is 2. The van der Waals surface area contributed by atoms with Crippen molar-refractivity contribution in [3.8, 4) is 0 Å². The lowest BCUT2D eigenvalue weighted by Crippen LogP contribution is -2.47. The van der Waals surface area contributed by atoms with Crippen LogP contribution < -0.4 is 5.73 Å². The van der Waals surface area contributed by atoms with Crippen molar-refractivity contribution >= 4 is 17.8 Å². The molecule has 0 bridgehead atoms. The van der Waals surface area contributed by atoms with Crippen LogP contribution in [0.3, 0.4) is 0 Å². The zero-order valence-corrected chi connectivity index (χ0v) is 12.2. The highest BCUT2D eigenvalue weighted by Gasteiger charge is 2.52. The first-order valence-electron chi connectivity index (χ1n) is 6.41. The van der Waals surface area contributed by atoms with Crippen molar-refractivity contribution < 1.29 is 19.1 Å². The molecule has 2 aromatic heterocycles. The maximum atomic E-state index is 12.4. The van der Waals surface area contributed by atoms with Crippen LogP contribution in [0.5, 0.6) is 0 Å². The van der Waals surface area contributed by atoms with Crippen LogP contribution in [0.1, 0.15) is 11.3 Å². The van der Waals surface area contributed by atoms with Crippen LogP contribution in [0.15, 0.2) is 30.9 Å². The second-order valence-corrected chi connectivity index (χ2v) is 4.61. The predicted octanol–water partition coefficient (Wildman–Crippen LogP) is 0.213. The van der Waals surface area contributed by atoms with Crippen molar-refractivity contribution in [1.29, 1.82) is 0 Å². The van der Waals surface area contributed by atoms with Gasteiger partial charge < -0.3 is 20.2 Å². The lowest BCUT2D eigenvalue weighted by Gasteiger charge is -2.26. The van der Waals surface area contributed by atoms with Crippen molar-refractivity contribution in [3.63, 3.8) is 0 Å². The number of methoxy groups -OCH3 is 2. The van der Waals surface area contributed by atoms with Gasteiger partial charge in [-0.2, -0.15) is 0 Å². The number of hydrogen-bond acceptors (Lipinski definition) is 7. The fourth-order valence-corrected chi connectivity index (χ4v) is 2.22. The summed E-state index contributed by atoms with van der Waals surface area (Å²) in [5, 5.41) is 0. The van der Waals surface area contributed by atoms with Crippen molar-refractivity contribution in [2.24, 2.45) is 0 Å². The Kier molecular flexibility index (Phi) is 4.40. The van der Waals surface area contributed by atoms with E-state index in [-0.39, 0.29) is 12.1 Å². The lowest BCUT2D eigenvalue weighted by molar-refractivity contribution is -0.162. The van der Waals surface area contributed by atoms with Crippen LogP contribution in [0.25, 0.3) is 0 Å². The summed E-state index contributed by atoms with van der Waals surface area (Å²) >= 11 is 0. The maximum absolute atomic E-state index is 12.4. The molecule has 0 aliphatic carbocycles. The first-order valence-corrected chi connectivity index (χ1v) is 6.41. The Bertz CT molecular complexity index is 636. The van der Waals surface area contributed by atoms with E-state index in [1.54, 1.807) is 12.1 Å². The molecule has 2 rings (SSSR count). The normalized spacial score (nSPS) is 11.0. The molecule has 116 valence electrons. The molecule has 0 atom stereocenters. The van der Waals surface area contributed by atoms with Crippen LogP contribution in [0.4, 0.5) is 5.82 Å². The van der Waals surface area contributed by atoms with Gasteiger partial charge in [-0.15, -0.1) is 0 Å². The molecule has 0 unspecified atom stereocenters. The first-order chi connectivity index (χ1) is 10.5. The molecular formula is C14H16N4O4. The number of nitrogens with one attached hydrogen (secondary N) is 1. The number of nitrogen functional groups attached to an aromatic ring is 1. The van der Waals surface area contributed by atoms with Crippen molar-refractivity contribution in [1.82, 2.24) is 15.0 Å². The van der Waals surface area contributed by atoms with Gasteiger partial charge in [-0.1, -0.05) is 6.07 Å². The van der Waals surface area contributed by atoms with Crippen LogP contribution in [-0.2, 0) is 30.9 Å². The molecule has 3 N–H and O–H groups in total. The Morgan fingerprint density at radius 2 is 1.91 bits per heavy atom. The number of H-pyrrole nitrogens is 1. The van der Waals surface area contributed by atoms with Gasteiger partial charge in [-0.3, -0.25) is 9.59 Å². The summed E-state index contributed by atoms with van der Waals surface area (Å²) in [6.07, 6.45) is 4.31. The number of pyridine rings is 1. The van der Waals surface area contributed by atoms with Crippen molar-refractivity contribution in [3.05, 3.63) is 42.1 Å². The topological polar surface area (TPSA) is 120 Å². The van der Waals surface area contributed by atoms with E-state index in [0.29, 0.717) is 11.4 Å². The highest BCUT2D eigenvalue weighted by Crippen LogP contribution is 2.30. The van der Waals surface area contributed by atoms with E-state index in [9.17, 15) is 9.59 Å². The van der Waals surface area contributed by atoms with E-state index >= 15 is 0 Å². The van der Waals surface area contributed by atoms with Gasteiger partial charge in [-0.25, -0.2) is 9.97 Å². The summed E-state index contributed by atoms with van der Waals surface area (Å²) in [5.41, 5.74) is 4.67. The molecule has 0 saturated carbocycles. The third-order valence-electron chi connectivity index (χ3n) is 3.32. The van der Waals surface area contributed by atoms with E-state index in [1.165, 1.54) is 32.9 Å². The Morgan fingerprint density at radius 3 is 2.36 bits per heavy atom. The van der Waals surface area contributed by atoms with Crippen LogP contribution in [-0.4, -0.2) is 41.1 Å². The molecule has 8 nitrogen and oxygen atoms in total. The third kappa shape index (κ3) is 2.62. The number of carbonyl (C=O) groups is 2. The molecule has 2 heterocycles. The summed E-state index contributed by atoms with van der Waals surface area (Å²) in [6.45, 7) is 0. The molecule has 0 radical (unpaired) electrons. The van der Waals surface area contributed by atoms with Crippen LogP contribution >= 0.6 is 0 Å². The zero-order valence-electron chi connectivity index (χ0n) is 12.2. The van der Waals surface area contributed by atoms with Gasteiger partial charge in [0.15, 0.2) is 0 Å². The number of aromatic amines is 1. The second-order valence-electron chi connectivity index (χ2n) is 4.61. The fraction of sp³-hybridized carbons (Fsp3) is 0.286. The molecule has 22 heavy (non-hydrogen) atoms. The molecule has 0 saturated heterocycles. The van der Waals surface area contributed by atoms with E-state index in [2.05, 4.69) is 15.0 Å². The summed E-state index contributed by atoms with van der Waals surface area (Å²) in [7, 11) is 2.40. The van der Waals surface area contributed by atoms with Gasteiger partial charge in [0.25, 0.3) is 0 Å². The molecule has 0 aromatic carbocycles. The number of hydrogen-bond donors (Lipinski definition) is 2. The van der Waals surface area contributed by atoms with Gasteiger partial charge in [0.1, 0.15) is 5.82 Å². The Hall–Kier alpha value is -2.90. The van der Waals surface area contributed by atoms with E-state index in [4.69, 9.17) is 15.2 Å². The minimum absolute atomic E-state index is 0.00944. The minimum Gasteiger partial charge on any atom is -0.468 e. The summed E-state index contributed by atoms with van der Waals surface area (Å²) < 4.78 is 9.64. The molecule has 0 amide bonds. The number of imidazole rings is 1. The molecule has 2 aromatic rings. The lowest BCUT2D eigenvalue weighted by atomic mass is 9.79. The smallest absolute Gasteiger partial charge is 0.329 e.